The highest BCUT2D eigenvalue weighted by Gasteiger charge is 2.08. The molecular formula is C14H15NO2S. The van der Waals surface area contributed by atoms with Crippen LogP contribution in [0, 0.1) is 6.92 Å². The Kier molecular flexibility index (Phi) is 4.12. The van der Waals surface area contributed by atoms with Crippen LogP contribution in [0.4, 0.5) is 0 Å². The second kappa shape index (κ2) is 5.80. The number of carboxylic acid groups (broad SMARTS) is 1. The molecule has 0 radical (unpaired) electrons. The standard InChI is InChI=1S/C14H15NO2S/c1-10-8-18-9-12(10)7-15-6-11-4-2-3-5-13(11)14(16)17/h2-5,8-9,15H,6-7H2,1H3,(H,16,17). The third kappa shape index (κ3) is 2.97. The number of hydrogen-bond acceptors (Lipinski definition) is 3. The average molecular weight is 261 g/mol. The van der Waals surface area contributed by atoms with E-state index >= 15 is 0 Å². The first-order valence-corrected chi connectivity index (χ1v) is 6.66. The van der Waals surface area contributed by atoms with Crippen LogP contribution in [0.2, 0.25) is 0 Å². The van der Waals surface area contributed by atoms with Gasteiger partial charge in [0.25, 0.3) is 0 Å². The van der Waals surface area contributed by atoms with E-state index in [1.54, 1.807) is 23.5 Å². The molecule has 4 heteroatoms. The predicted octanol–water partition coefficient (Wildman–Crippen LogP) is 3.04. The summed E-state index contributed by atoms with van der Waals surface area (Å²) in [6, 6.07) is 7.08. The van der Waals surface area contributed by atoms with Crippen molar-refractivity contribution in [1.82, 2.24) is 5.32 Å². The number of thiophene rings is 1. The van der Waals surface area contributed by atoms with Crippen LogP contribution in [0.3, 0.4) is 0 Å². The van der Waals surface area contributed by atoms with Crippen LogP contribution < -0.4 is 5.32 Å². The van der Waals surface area contributed by atoms with Crippen LogP contribution in [0.5, 0.6) is 0 Å². The van der Waals surface area contributed by atoms with Gasteiger partial charge in [-0.2, -0.15) is 11.3 Å². The van der Waals surface area contributed by atoms with Gasteiger partial charge in [-0.3, -0.25) is 0 Å². The van der Waals surface area contributed by atoms with E-state index in [2.05, 4.69) is 23.0 Å². The van der Waals surface area contributed by atoms with Gasteiger partial charge in [0.2, 0.25) is 0 Å². The van der Waals surface area contributed by atoms with Crippen LogP contribution in [-0.2, 0) is 13.1 Å². The summed E-state index contributed by atoms with van der Waals surface area (Å²) < 4.78 is 0. The number of carbonyl (C=O) groups is 1. The fraction of sp³-hybridized carbons (Fsp3) is 0.214. The first-order valence-electron chi connectivity index (χ1n) is 5.72. The van der Waals surface area contributed by atoms with Crippen molar-refractivity contribution in [3.8, 4) is 0 Å². The Bertz CT molecular complexity index is 548. The molecule has 0 unspecified atom stereocenters. The molecule has 0 amide bonds. The number of aromatic carboxylic acids is 1. The summed E-state index contributed by atoms with van der Waals surface area (Å²) in [5.74, 6) is -0.876. The second-order valence-corrected chi connectivity index (χ2v) is 4.89. The summed E-state index contributed by atoms with van der Waals surface area (Å²) in [5, 5.41) is 16.6. The van der Waals surface area contributed by atoms with Crippen LogP contribution in [-0.4, -0.2) is 11.1 Å². The lowest BCUT2D eigenvalue weighted by molar-refractivity contribution is 0.0695. The predicted molar refractivity (Wildman–Crippen MR) is 73.0 cm³/mol. The van der Waals surface area contributed by atoms with E-state index in [4.69, 9.17) is 5.11 Å². The molecule has 94 valence electrons. The SMILES string of the molecule is Cc1cscc1CNCc1ccccc1C(=O)O. The third-order valence-corrected chi connectivity index (χ3v) is 3.75. The van der Waals surface area contributed by atoms with Crippen molar-refractivity contribution in [1.29, 1.82) is 0 Å². The van der Waals surface area contributed by atoms with Gasteiger partial charge < -0.3 is 10.4 Å². The van der Waals surface area contributed by atoms with Crippen LogP contribution in [0.25, 0.3) is 0 Å². The molecule has 0 fully saturated rings. The number of benzene rings is 1. The maximum Gasteiger partial charge on any atom is 0.336 e. The van der Waals surface area contributed by atoms with Crippen molar-refractivity contribution in [2.45, 2.75) is 20.0 Å². The lowest BCUT2D eigenvalue weighted by atomic mass is 10.1. The first-order chi connectivity index (χ1) is 8.68. The number of hydrogen-bond donors (Lipinski definition) is 2. The van der Waals surface area contributed by atoms with Gasteiger partial charge in [0.05, 0.1) is 5.56 Å². The van der Waals surface area contributed by atoms with Gasteiger partial charge in [-0.15, -0.1) is 0 Å². The zero-order valence-electron chi connectivity index (χ0n) is 10.1. The van der Waals surface area contributed by atoms with Crippen LogP contribution >= 0.6 is 11.3 Å². The minimum Gasteiger partial charge on any atom is -0.478 e. The highest BCUT2D eigenvalue weighted by molar-refractivity contribution is 7.08. The Hall–Kier alpha value is -1.65. The van der Waals surface area contributed by atoms with E-state index in [1.165, 1.54) is 11.1 Å². The summed E-state index contributed by atoms with van der Waals surface area (Å²) in [7, 11) is 0. The van der Waals surface area contributed by atoms with E-state index < -0.39 is 5.97 Å². The normalized spacial score (nSPS) is 10.5. The van der Waals surface area contributed by atoms with Crippen molar-refractivity contribution in [2.75, 3.05) is 0 Å². The Morgan fingerprint density at radius 1 is 1.22 bits per heavy atom. The highest BCUT2D eigenvalue weighted by Crippen LogP contribution is 2.14. The molecule has 0 aliphatic rings. The van der Waals surface area contributed by atoms with E-state index in [0.717, 1.165) is 12.1 Å². The zero-order valence-corrected chi connectivity index (χ0v) is 11.0. The minimum absolute atomic E-state index is 0.368. The van der Waals surface area contributed by atoms with Crippen molar-refractivity contribution in [3.05, 3.63) is 57.3 Å². The maximum absolute atomic E-state index is 11.0. The topological polar surface area (TPSA) is 49.3 Å². The fourth-order valence-corrected chi connectivity index (χ4v) is 2.64. The van der Waals surface area contributed by atoms with Crippen molar-refractivity contribution < 1.29 is 9.90 Å². The summed E-state index contributed by atoms with van der Waals surface area (Å²) in [5.41, 5.74) is 3.73. The third-order valence-electron chi connectivity index (χ3n) is 2.84. The molecular weight excluding hydrogens is 246 g/mol. The van der Waals surface area contributed by atoms with Crippen molar-refractivity contribution in [3.63, 3.8) is 0 Å². The van der Waals surface area contributed by atoms with Crippen LogP contribution in [0.15, 0.2) is 35.0 Å². The van der Waals surface area contributed by atoms with Crippen molar-refractivity contribution in [2.24, 2.45) is 0 Å². The number of nitrogens with one attached hydrogen (secondary N) is 1. The molecule has 18 heavy (non-hydrogen) atoms. The molecule has 3 nitrogen and oxygen atoms in total. The minimum atomic E-state index is -0.876. The molecule has 0 spiro atoms. The Balaban J connectivity index is 1.99. The monoisotopic (exact) mass is 261 g/mol. The van der Waals surface area contributed by atoms with Gasteiger partial charge >= 0.3 is 5.97 Å². The lowest BCUT2D eigenvalue weighted by Crippen LogP contribution is -2.15. The van der Waals surface area contributed by atoms with Gasteiger partial charge in [0.15, 0.2) is 0 Å². The molecule has 0 bridgehead atoms. The zero-order chi connectivity index (χ0) is 13.0. The summed E-state index contributed by atoms with van der Waals surface area (Å²) >= 11 is 1.69. The van der Waals surface area contributed by atoms with Gasteiger partial charge in [-0.1, -0.05) is 18.2 Å². The molecule has 1 heterocycles. The Labute approximate surface area is 110 Å². The largest absolute Gasteiger partial charge is 0.478 e. The molecule has 0 aliphatic carbocycles. The summed E-state index contributed by atoms with van der Waals surface area (Å²) in [4.78, 5) is 11.0. The maximum atomic E-state index is 11.0. The molecule has 1 aromatic carbocycles. The molecule has 0 atom stereocenters. The molecule has 2 rings (SSSR count). The Morgan fingerprint density at radius 3 is 2.61 bits per heavy atom. The lowest BCUT2D eigenvalue weighted by Gasteiger charge is -2.07. The van der Waals surface area contributed by atoms with E-state index in [9.17, 15) is 4.79 Å². The second-order valence-electron chi connectivity index (χ2n) is 4.15. The summed E-state index contributed by atoms with van der Waals surface area (Å²) in [6.45, 7) is 3.42. The fourth-order valence-electron chi connectivity index (χ4n) is 1.78. The quantitative estimate of drug-likeness (QED) is 0.869. The summed E-state index contributed by atoms with van der Waals surface area (Å²) in [6.07, 6.45) is 0. The van der Waals surface area contributed by atoms with Gasteiger partial charge in [-0.25, -0.2) is 4.79 Å². The smallest absolute Gasteiger partial charge is 0.336 e. The number of rotatable bonds is 5. The van der Waals surface area contributed by atoms with Gasteiger partial charge in [0.1, 0.15) is 0 Å². The van der Waals surface area contributed by atoms with Gasteiger partial charge in [0, 0.05) is 13.1 Å². The molecule has 0 saturated heterocycles. The number of carboxylic acids is 1. The highest BCUT2D eigenvalue weighted by atomic mass is 32.1. The number of aryl methyl sites for hydroxylation is 1. The van der Waals surface area contributed by atoms with Gasteiger partial charge in [-0.05, 0) is 40.4 Å². The first kappa shape index (κ1) is 12.8. The Morgan fingerprint density at radius 2 is 1.94 bits per heavy atom. The van der Waals surface area contributed by atoms with E-state index in [0.29, 0.717) is 12.1 Å². The molecule has 0 aliphatic heterocycles. The molecule has 1 aromatic heterocycles. The molecule has 2 aromatic rings. The van der Waals surface area contributed by atoms with E-state index in [-0.39, 0.29) is 0 Å². The average Bonchev–Trinajstić information content (AvgIpc) is 2.76. The van der Waals surface area contributed by atoms with E-state index in [1.807, 2.05) is 12.1 Å². The molecule has 2 N–H and O–H groups in total. The van der Waals surface area contributed by atoms with Crippen LogP contribution in [0.1, 0.15) is 27.0 Å². The van der Waals surface area contributed by atoms with Crippen molar-refractivity contribution >= 4 is 17.3 Å². The molecule has 0 saturated carbocycles.